The number of carbonyl (C=O) groups is 2. The molecular weight excluding hydrogens is 449 g/mol. The largest absolute Gasteiger partial charge is 0.456 e. The third-order valence-electron chi connectivity index (χ3n) is 4.80. The van der Waals surface area contributed by atoms with Crippen LogP contribution in [0.15, 0.2) is 42.6 Å². The van der Waals surface area contributed by atoms with Crippen LogP contribution in [0.3, 0.4) is 0 Å². The van der Waals surface area contributed by atoms with E-state index < -0.39 is 46.5 Å². The number of amides is 2. The number of anilines is 1. The highest BCUT2D eigenvalue weighted by Gasteiger charge is 2.37. The predicted octanol–water partition coefficient (Wildman–Crippen LogP) is 5.14. The van der Waals surface area contributed by atoms with Crippen LogP contribution in [0.2, 0.25) is 0 Å². The number of nitrogens with one attached hydrogen (secondary N) is 1. The zero-order valence-electron chi connectivity index (χ0n) is 17.2. The summed E-state index contributed by atoms with van der Waals surface area (Å²) in [6, 6.07) is 5.80. The summed E-state index contributed by atoms with van der Waals surface area (Å²) in [5, 5.41) is 2.20. The molecule has 172 valence electrons. The Morgan fingerprint density at radius 2 is 1.67 bits per heavy atom. The molecule has 0 aliphatic rings. The second-order valence-electron chi connectivity index (χ2n) is 6.94. The van der Waals surface area contributed by atoms with Crippen molar-refractivity contribution in [2.75, 3.05) is 5.32 Å². The van der Waals surface area contributed by atoms with Gasteiger partial charge in [0.15, 0.2) is 5.82 Å². The van der Waals surface area contributed by atoms with Gasteiger partial charge in [-0.3, -0.25) is 14.6 Å². The lowest BCUT2D eigenvalue weighted by Gasteiger charge is -2.17. The van der Waals surface area contributed by atoms with Crippen LogP contribution >= 0.6 is 0 Å². The van der Waals surface area contributed by atoms with E-state index in [1.165, 1.54) is 26.0 Å². The van der Waals surface area contributed by atoms with E-state index >= 15 is 0 Å². The number of primary amides is 1. The molecule has 3 rings (SSSR count). The van der Waals surface area contributed by atoms with Gasteiger partial charge in [-0.2, -0.15) is 13.2 Å². The second-order valence-corrected chi connectivity index (χ2v) is 6.94. The van der Waals surface area contributed by atoms with Crippen LogP contribution in [0.25, 0.3) is 0 Å². The Bertz CT molecular complexity index is 1260. The molecule has 6 nitrogen and oxygen atoms in total. The lowest BCUT2D eigenvalue weighted by molar-refractivity contribution is -0.140. The molecule has 0 atom stereocenters. The summed E-state index contributed by atoms with van der Waals surface area (Å²) in [7, 11) is 0. The Kier molecular flexibility index (Phi) is 6.34. The van der Waals surface area contributed by atoms with Crippen molar-refractivity contribution in [3.63, 3.8) is 0 Å². The number of hydrogen-bond acceptors (Lipinski definition) is 4. The van der Waals surface area contributed by atoms with Gasteiger partial charge in [0.05, 0.1) is 5.56 Å². The number of nitrogens with zero attached hydrogens (tertiary/aromatic N) is 1. The summed E-state index contributed by atoms with van der Waals surface area (Å²) in [6.07, 6.45) is -3.96. The van der Waals surface area contributed by atoms with Crippen molar-refractivity contribution in [2.45, 2.75) is 20.0 Å². The van der Waals surface area contributed by atoms with E-state index in [1.807, 2.05) is 0 Å². The van der Waals surface area contributed by atoms with Crippen molar-refractivity contribution in [2.24, 2.45) is 5.73 Å². The van der Waals surface area contributed by atoms with Gasteiger partial charge in [-0.15, -0.1) is 0 Å². The van der Waals surface area contributed by atoms with E-state index in [-0.39, 0.29) is 22.7 Å². The Morgan fingerprint density at radius 1 is 1.00 bits per heavy atom. The van der Waals surface area contributed by atoms with Crippen molar-refractivity contribution in [3.8, 4) is 11.5 Å². The molecule has 3 N–H and O–H groups in total. The van der Waals surface area contributed by atoms with Crippen LogP contribution in [0, 0.1) is 25.5 Å². The number of ether oxygens (including phenoxy) is 1. The fourth-order valence-corrected chi connectivity index (χ4v) is 2.90. The molecule has 1 heterocycles. The summed E-state index contributed by atoms with van der Waals surface area (Å²) in [5.41, 5.74) is 2.62. The molecule has 0 aliphatic carbocycles. The zero-order valence-corrected chi connectivity index (χ0v) is 17.2. The van der Waals surface area contributed by atoms with Gasteiger partial charge in [-0.25, -0.2) is 8.78 Å². The van der Waals surface area contributed by atoms with Crippen LogP contribution in [-0.4, -0.2) is 16.8 Å². The van der Waals surface area contributed by atoms with Crippen molar-refractivity contribution in [1.82, 2.24) is 4.98 Å². The maximum Gasteiger partial charge on any atom is 0.419 e. The highest BCUT2D eigenvalue weighted by Crippen LogP contribution is 2.38. The zero-order chi connectivity index (χ0) is 24.5. The van der Waals surface area contributed by atoms with Gasteiger partial charge in [0.2, 0.25) is 0 Å². The molecule has 2 amide bonds. The number of alkyl halides is 3. The second kappa shape index (κ2) is 8.85. The number of rotatable bonds is 5. The summed E-state index contributed by atoms with van der Waals surface area (Å²) in [6.45, 7) is 2.95. The molecule has 0 saturated heterocycles. The van der Waals surface area contributed by atoms with Gasteiger partial charge in [0.1, 0.15) is 28.6 Å². The van der Waals surface area contributed by atoms with E-state index in [4.69, 9.17) is 10.5 Å². The molecule has 2 aromatic carbocycles. The van der Waals surface area contributed by atoms with E-state index in [0.717, 1.165) is 24.4 Å². The number of halogens is 5. The minimum Gasteiger partial charge on any atom is -0.456 e. The minimum absolute atomic E-state index is 0.0158. The molecule has 0 unspecified atom stereocenters. The summed E-state index contributed by atoms with van der Waals surface area (Å²) in [5.74, 6) is -5.12. The Balaban J connectivity index is 2.09. The Labute approximate surface area is 184 Å². The lowest BCUT2D eigenvalue weighted by atomic mass is 10.1. The first-order valence-corrected chi connectivity index (χ1v) is 9.30. The molecule has 11 heteroatoms. The SMILES string of the molecule is Cc1c(F)ccc(Oc2ccc(C(F)(F)F)c(F)c2C(=O)Nc2ccnc(C(N)=O)c2)c1C. The summed E-state index contributed by atoms with van der Waals surface area (Å²) in [4.78, 5) is 27.8. The third kappa shape index (κ3) is 4.92. The molecule has 0 fully saturated rings. The number of hydrogen-bond donors (Lipinski definition) is 2. The number of carbonyl (C=O) groups excluding carboxylic acids is 2. The first-order chi connectivity index (χ1) is 15.4. The van der Waals surface area contributed by atoms with Crippen LogP contribution in [0.1, 0.15) is 37.5 Å². The molecule has 0 aliphatic heterocycles. The summed E-state index contributed by atoms with van der Waals surface area (Å²) < 4.78 is 74.0. The molecule has 0 saturated carbocycles. The smallest absolute Gasteiger partial charge is 0.419 e. The number of aromatic nitrogens is 1. The summed E-state index contributed by atoms with van der Waals surface area (Å²) >= 11 is 0. The topological polar surface area (TPSA) is 94.3 Å². The van der Waals surface area contributed by atoms with Gasteiger partial charge >= 0.3 is 6.18 Å². The third-order valence-corrected chi connectivity index (χ3v) is 4.80. The van der Waals surface area contributed by atoms with Crippen molar-refractivity contribution in [3.05, 3.63) is 82.2 Å². The Hall–Kier alpha value is -4.02. The van der Waals surface area contributed by atoms with E-state index in [2.05, 4.69) is 10.3 Å². The van der Waals surface area contributed by atoms with Crippen molar-refractivity contribution < 1.29 is 36.3 Å². The van der Waals surface area contributed by atoms with Crippen LogP contribution in [-0.2, 0) is 6.18 Å². The van der Waals surface area contributed by atoms with Gasteiger partial charge in [-0.05, 0) is 61.4 Å². The monoisotopic (exact) mass is 465 g/mol. The van der Waals surface area contributed by atoms with Gasteiger partial charge in [-0.1, -0.05) is 0 Å². The fraction of sp³-hybridized carbons (Fsp3) is 0.136. The van der Waals surface area contributed by atoms with Gasteiger partial charge in [0.25, 0.3) is 11.8 Å². The Morgan fingerprint density at radius 3 is 2.30 bits per heavy atom. The molecule has 0 bridgehead atoms. The molecular formula is C22H16F5N3O3. The molecule has 3 aromatic rings. The minimum atomic E-state index is -5.09. The lowest BCUT2D eigenvalue weighted by Crippen LogP contribution is -2.19. The maximum atomic E-state index is 14.9. The highest BCUT2D eigenvalue weighted by molar-refractivity contribution is 6.07. The normalized spacial score (nSPS) is 11.2. The van der Waals surface area contributed by atoms with Gasteiger partial charge < -0.3 is 15.8 Å². The highest BCUT2D eigenvalue weighted by atomic mass is 19.4. The first kappa shape index (κ1) is 23.6. The molecule has 33 heavy (non-hydrogen) atoms. The quantitative estimate of drug-likeness (QED) is 0.511. The van der Waals surface area contributed by atoms with Crippen LogP contribution < -0.4 is 15.8 Å². The molecule has 1 aromatic heterocycles. The standard InChI is InChI=1S/C22H16F5N3O3/c1-10-11(2)16(6-4-14(10)23)33-17-5-3-13(22(25,26)27)19(24)18(17)21(32)30-12-7-8-29-15(9-12)20(28)31/h3-9H,1-2H3,(H2,28,31)(H,29,30,32). The average molecular weight is 465 g/mol. The number of nitrogens with two attached hydrogens (primary N) is 1. The number of pyridine rings is 1. The fourth-order valence-electron chi connectivity index (χ4n) is 2.90. The predicted molar refractivity (Wildman–Crippen MR) is 108 cm³/mol. The van der Waals surface area contributed by atoms with E-state index in [0.29, 0.717) is 11.6 Å². The van der Waals surface area contributed by atoms with E-state index in [9.17, 15) is 31.5 Å². The van der Waals surface area contributed by atoms with Gasteiger partial charge in [0, 0.05) is 11.9 Å². The van der Waals surface area contributed by atoms with Crippen LogP contribution in [0.5, 0.6) is 11.5 Å². The van der Waals surface area contributed by atoms with E-state index in [1.54, 1.807) is 0 Å². The maximum absolute atomic E-state index is 14.9. The molecule has 0 spiro atoms. The first-order valence-electron chi connectivity index (χ1n) is 9.30. The number of benzene rings is 2. The van der Waals surface area contributed by atoms with Crippen molar-refractivity contribution >= 4 is 17.5 Å². The van der Waals surface area contributed by atoms with Crippen LogP contribution in [0.4, 0.5) is 27.6 Å². The van der Waals surface area contributed by atoms with Crippen molar-refractivity contribution in [1.29, 1.82) is 0 Å². The molecule has 0 radical (unpaired) electrons. The average Bonchev–Trinajstić information content (AvgIpc) is 2.73.